The van der Waals surface area contributed by atoms with Crippen molar-refractivity contribution >= 4 is 5.97 Å². The highest BCUT2D eigenvalue weighted by Crippen LogP contribution is 2.21. The molecule has 0 aromatic rings. The standard InChI is InChI=1S/C11H19F3O2/c1-7(2)8(3)5-9(4)10(15)16-6-11(12,13)14/h7-9H,5-6H2,1-4H3. The maximum atomic E-state index is 11.8. The zero-order valence-corrected chi connectivity index (χ0v) is 10.1. The van der Waals surface area contributed by atoms with Gasteiger partial charge in [0, 0.05) is 0 Å². The van der Waals surface area contributed by atoms with Crippen molar-refractivity contribution in [3.05, 3.63) is 0 Å². The van der Waals surface area contributed by atoms with E-state index in [4.69, 9.17) is 0 Å². The molecule has 0 aromatic heterocycles. The van der Waals surface area contributed by atoms with Crippen molar-refractivity contribution in [1.29, 1.82) is 0 Å². The molecule has 0 radical (unpaired) electrons. The van der Waals surface area contributed by atoms with E-state index in [0.29, 0.717) is 12.3 Å². The predicted octanol–water partition coefficient (Wildman–Crippen LogP) is 3.41. The third-order valence-electron chi connectivity index (χ3n) is 2.64. The summed E-state index contributed by atoms with van der Waals surface area (Å²) in [6.45, 7) is 6.10. The van der Waals surface area contributed by atoms with Crippen LogP contribution in [-0.4, -0.2) is 18.8 Å². The molecule has 0 aromatic carbocycles. The van der Waals surface area contributed by atoms with Gasteiger partial charge < -0.3 is 4.74 Å². The predicted molar refractivity (Wildman–Crippen MR) is 54.8 cm³/mol. The van der Waals surface area contributed by atoms with Gasteiger partial charge in [0.2, 0.25) is 0 Å². The van der Waals surface area contributed by atoms with E-state index in [1.807, 2.05) is 20.8 Å². The summed E-state index contributed by atoms with van der Waals surface area (Å²) in [5.74, 6) is -0.573. The van der Waals surface area contributed by atoms with Crippen LogP contribution in [0.3, 0.4) is 0 Å². The van der Waals surface area contributed by atoms with Gasteiger partial charge in [-0.3, -0.25) is 4.79 Å². The normalized spacial score (nSPS) is 16.0. The number of alkyl halides is 3. The lowest BCUT2D eigenvalue weighted by Crippen LogP contribution is -2.25. The summed E-state index contributed by atoms with van der Waals surface area (Å²) in [6.07, 6.45) is -3.90. The molecule has 0 heterocycles. The van der Waals surface area contributed by atoms with Crippen molar-refractivity contribution in [2.75, 3.05) is 6.61 Å². The van der Waals surface area contributed by atoms with Crippen molar-refractivity contribution in [3.8, 4) is 0 Å². The summed E-state index contributed by atoms with van der Waals surface area (Å²) in [4.78, 5) is 11.2. The molecular formula is C11H19F3O2. The Balaban J connectivity index is 4.00. The molecule has 16 heavy (non-hydrogen) atoms. The van der Waals surface area contributed by atoms with Crippen LogP contribution in [0, 0.1) is 17.8 Å². The summed E-state index contributed by atoms with van der Waals surface area (Å²) >= 11 is 0. The number of carbonyl (C=O) groups excluding carboxylic acids is 1. The van der Waals surface area contributed by atoms with Crippen molar-refractivity contribution in [3.63, 3.8) is 0 Å². The number of ether oxygens (including phenoxy) is 1. The van der Waals surface area contributed by atoms with E-state index in [1.54, 1.807) is 6.92 Å². The minimum absolute atomic E-state index is 0.286. The summed E-state index contributed by atoms with van der Waals surface area (Å²) in [5, 5.41) is 0. The number of esters is 1. The summed E-state index contributed by atoms with van der Waals surface area (Å²) in [5.41, 5.74) is 0. The van der Waals surface area contributed by atoms with Gasteiger partial charge in [-0.25, -0.2) is 0 Å². The molecule has 0 saturated carbocycles. The Kier molecular flexibility index (Phi) is 5.83. The van der Waals surface area contributed by atoms with E-state index < -0.39 is 24.7 Å². The van der Waals surface area contributed by atoms with Crippen LogP contribution in [0.15, 0.2) is 0 Å². The molecule has 0 amide bonds. The van der Waals surface area contributed by atoms with Gasteiger partial charge >= 0.3 is 12.1 Å². The van der Waals surface area contributed by atoms with Crippen molar-refractivity contribution in [2.45, 2.75) is 40.3 Å². The Morgan fingerprint density at radius 1 is 1.19 bits per heavy atom. The molecule has 0 aliphatic rings. The molecule has 2 nitrogen and oxygen atoms in total. The van der Waals surface area contributed by atoms with Crippen LogP contribution in [0.1, 0.15) is 34.1 Å². The largest absolute Gasteiger partial charge is 0.456 e. The Morgan fingerprint density at radius 3 is 2.06 bits per heavy atom. The van der Waals surface area contributed by atoms with Crippen molar-refractivity contribution in [2.24, 2.45) is 17.8 Å². The smallest absolute Gasteiger partial charge is 0.422 e. The van der Waals surface area contributed by atoms with Crippen LogP contribution >= 0.6 is 0 Å². The number of hydrogen-bond acceptors (Lipinski definition) is 2. The second-order valence-corrected chi connectivity index (χ2v) is 4.58. The van der Waals surface area contributed by atoms with E-state index in [-0.39, 0.29) is 5.92 Å². The van der Waals surface area contributed by atoms with Crippen LogP contribution in [0.25, 0.3) is 0 Å². The number of carbonyl (C=O) groups is 1. The van der Waals surface area contributed by atoms with Gasteiger partial charge in [0.25, 0.3) is 0 Å². The third kappa shape index (κ3) is 6.69. The molecule has 0 N–H and O–H groups in total. The van der Waals surface area contributed by atoms with Gasteiger partial charge in [0.05, 0.1) is 5.92 Å². The number of hydrogen-bond donors (Lipinski definition) is 0. The lowest BCUT2D eigenvalue weighted by atomic mass is 9.89. The SMILES string of the molecule is CC(CC(C)C(C)C)C(=O)OCC(F)(F)F. The van der Waals surface area contributed by atoms with E-state index in [1.165, 1.54) is 0 Å². The minimum Gasteiger partial charge on any atom is -0.456 e. The minimum atomic E-state index is -4.45. The van der Waals surface area contributed by atoms with Crippen LogP contribution < -0.4 is 0 Å². The van der Waals surface area contributed by atoms with Gasteiger partial charge in [-0.05, 0) is 18.3 Å². The molecule has 0 aliphatic carbocycles. The van der Waals surface area contributed by atoms with E-state index in [2.05, 4.69) is 4.74 Å². The Hall–Kier alpha value is -0.740. The van der Waals surface area contributed by atoms with Crippen LogP contribution in [0.2, 0.25) is 0 Å². The van der Waals surface area contributed by atoms with Crippen molar-refractivity contribution < 1.29 is 22.7 Å². The number of halogens is 3. The molecule has 2 unspecified atom stereocenters. The topological polar surface area (TPSA) is 26.3 Å². The highest BCUT2D eigenvalue weighted by atomic mass is 19.4. The summed E-state index contributed by atoms with van der Waals surface area (Å²) in [6, 6.07) is 0. The molecule has 0 spiro atoms. The fourth-order valence-corrected chi connectivity index (χ4v) is 1.22. The fourth-order valence-electron chi connectivity index (χ4n) is 1.22. The highest BCUT2D eigenvalue weighted by Gasteiger charge is 2.31. The second kappa shape index (κ2) is 6.11. The van der Waals surface area contributed by atoms with Gasteiger partial charge in [0.15, 0.2) is 6.61 Å². The maximum absolute atomic E-state index is 11.8. The van der Waals surface area contributed by atoms with Crippen LogP contribution in [0.4, 0.5) is 13.2 Å². The average Bonchev–Trinajstić information content (AvgIpc) is 2.12. The second-order valence-electron chi connectivity index (χ2n) is 4.58. The average molecular weight is 240 g/mol. The zero-order chi connectivity index (χ0) is 12.9. The first-order valence-electron chi connectivity index (χ1n) is 5.37. The highest BCUT2D eigenvalue weighted by molar-refractivity contribution is 5.71. The fraction of sp³-hybridized carbons (Fsp3) is 0.909. The van der Waals surface area contributed by atoms with Gasteiger partial charge in [0.1, 0.15) is 0 Å². The molecule has 0 fully saturated rings. The molecule has 0 aliphatic heterocycles. The first-order chi connectivity index (χ1) is 7.13. The van der Waals surface area contributed by atoms with Gasteiger partial charge in [-0.2, -0.15) is 13.2 Å². The molecule has 2 atom stereocenters. The Bertz CT molecular complexity index is 224. The summed E-state index contributed by atoms with van der Waals surface area (Å²) in [7, 11) is 0. The zero-order valence-electron chi connectivity index (χ0n) is 10.1. The van der Waals surface area contributed by atoms with Crippen LogP contribution in [0.5, 0.6) is 0 Å². The van der Waals surface area contributed by atoms with Crippen molar-refractivity contribution in [1.82, 2.24) is 0 Å². The molecule has 5 heteroatoms. The Labute approximate surface area is 94.2 Å². The Morgan fingerprint density at radius 2 is 1.69 bits per heavy atom. The lowest BCUT2D eigenvalue weighted by Gasteiger charge is -2.19. The number of rotatable bonds is 5. The first kappa shape index (κ1) is 15.3. The van der Waals surface area contributed by atoms with Gasteiger partial charge in [-0.15, -0.1) is 0 Å². The van der Waals surface area contributed by atoms with Crippen LogP contribution in [-0.2, 0) is 9.53 Å². The molecular weight excluding hydrogens is 221 g/mol. The molecule has 0 bridgehead atoms. The third-order valence-corrected chi connectivity index (χ3v) is 2.64. The lowest BCUT2D eigenvalue weighted by molar-refractivity contribution is -0.189. The van der Waals surface area contributed by atoms with E-state index in [0.717, 1.165) is 0 Å². The summed E-state index contributed by atoms with van der Waals surface area (Å²) < 4.78 is 39.6. The molecule has 96 valence electrons. The maximum Gasteiger partial charge on any atom is 0.422 e. The molecule has 0 rings (SSSR count). The van der Waals surface area contributed by atoms with E-state index in [9.17, 15) is 18.0 Å². The van der Waals surface area contributed by atoms with E-state index >= 15 is 0 Å². The monoisotopic (exact) mass is 240 g/mol. The molecule has 0 saturated heterocycles. The quantitative estimate of drug-likeness (QED) is 0.688. The first-order valence-corrected chi connectivity index (χ1v) is 5.37. The van der Waals surface area contributed by atoms with Gasteiger partial charge in [-0.1, -0.05) is 27.7 Å².